The van der Waals surface area contributed by atoms with Crippen LogP contribution in [-0.2, 0) is 17.9 Å². The molecule has 0 atom stereocenters. The average Bonchev–Trinajstić information content (AvgIpc) is 2.56. The van der Waals surface area contributed by atoms with Crippen LogP contribution in [-0.4, -0.2) is 29.5 Å². The third-order valence-electron chi connectivity index (χ3n) is 3.31. The molecule has 0 spiro atoms. The van der Waals surface area contributed by atoms with Gasteiger partial charge in [0.25, 0.3) is 0 Å². The first-order valence-corrected chi connectivity index (χ1v) is 7.54. The third kappa shape index (κ3) is 4.71. The molecular formula is C18H22N2O3. The van der Waals surface area contributed by atoms with Crippen LogP contribution in [0.5, 0.6) is 11.5 Å². The van der Waals surface area contributed by atoms with Crippen LogP contribution in [0.25, 0.3) is 0 Å². The molecule has 0 bridgehead atoms. The molecule has 23 heavy (non-hydrogen) atoms. The van der Waals surface area contributed by atoms with E-state index in [9.17, 15) is 4.79 Å². The van der Waals surface area contributed by atoms with E-state index in [1.807, 2.05) is 38.1 Å². The smallest absolute Gasteiger partial charge is 0.210 e. The van der Waals surface area contributed by atoms with Gasteiger partial charge in [-0.05, 0) is 26.0 Å². The van der Waals surface area contributed by atoms with Gasteiger partial charge in [0, 0.05) is 30.1 Å². The van der Waals surface area contributed by atoms with Crippen LogP contribution >= 0.6 is 0 Å². The molecule has 0 saturated carbocycles. The minimum Gasteiger partial charge on any atom is -0.496 e. The van der Waals surface area contributed by atoms with E-state index in [0.717, 1.165) is 29.0 Å². The van der Waals surface area contributed by atoms with Crippen molar-refractivity contribution >= 4 is 6.41 Å². The molecule has 0 unspecified atom stereocenters. The highest BCUT2D eigenvalue weighted by Gasteiger charge is 2.12. The normalized spacial score (nSPS) is 10.4. The van der Waals surface area contributed by atoms with Gasteiger partial charge in [0.1, 0.15) is 11.5 Å². The Balaban J connectivity index is 2.15. The number of aromatic nitrogens is 1. The summed E-state index contributed by atoms with van der Waals surface area (Å²) in [5.74, 6) is 1.52. The van der Waals surface area contributed by atoms with Gasteiger partial charge >= 0.3 is 0 Å². The predicted octanol–water partition coefficient (Wildman–Crippen LogP) is 3.04. The van der Waals surface area contributed by atoms with E-state index in [2.05, 4.69) is 4.98 Å². The van der Waals surface area contributed by atoms with Gasteiger partial charge in [-0.1, -0.05) is 18.2 Å². The van der Waals surface area contributed by atoms with Crippen molar-refractivity contribution in [3.05, 3.63) is 53.9 Å². The summed E-state index contributed by atoms with van der Waals surface area (Å²) in [6.45, 7) is 4.85. The Kier molecular flexibility index (Phi) is 5.97. The van der Waals surface area contributed by atoms with Crippen LogP contribution < -0.4 is 9.47 Å². The number of carbonyl (C=O) groups excluding carboxylic acids is 1. The number of hydrogen-bond acceptors (Lipinski definition) is 4. The van der Waals surface area contributed by atoms with Crippen molar-refractivity contribution in [2.24, 2.45) is 0 Å². The first-order valence-electron chi connectivity index (χ1n) is 7.54. The van der Waals surface area contributed by atoms with E-state index < -0.39 is 0 Å². The number of carbonyl (C=O) groups is 1. The van der Waals surface area contributed by atoms with Crippen LogP contribution in [0.15, 0.2) is 42.7 Å². The lowest BCUT2D eigenvalue weighted by atomic mass is 10.1. The minimum atomic E-state index is 0.0826. The number of rotatable bonds is 8. The highest BCUT2D eigenvalue weighted by Crippen LogP contribution is 2.23. The second-order valence-electron chi connectivity index (χ2n) is 5.47. The predicted molar refractivity (Wildman–Crippen MR) is 88.3 cm³/mol. The molecule has 0 aliphatic carbocycles. The van der Waals surface area contributed by atoms with E-state index >= 15 is 0 Å². The molecule has 0 radical (unpaired) electrons. The van der Waals surface area contributed by atoms with Crippen molar-refractivity contribution in [1.82, 2.24) is 9.88 Å². The van der Waals surface area contributed by atoms with Gasteiger partial charge in [-0.25, -0.2) is 0 Å². The second kappa shape index (κ2) is 8.17. The van der Waals surface area contributed by atoms with Crippen LogP contribution in [0.1, 0.15) is 25.0 Å². The number of benzene rings is 1. The maximum Gasteiger partial charge on any atom is 0.210 e. The molecule has 2 rings (SSSR count). The fourth-order valence-corrected chi connectivity index (χ4v) is 2.30. The molecule has 5 nitrogen and oxygen atoms in total. The van der Waals surface area contributed by atoms with Gasteiger partial charge in [0.05, 0.1) is 19.8 Å². The molecule has 1 aromatic heterocycles. The van der Waals surface area contributed by atoms with E-state index in [-0.39, 0.29) is 6.10 Å². The maximum atomic E-state index is 11.5. The van der Waals surface area contributed by atoms with E-state index in [1.165, 1.54) is 0 Å². The van der Waals surface area contributed by atoms with E-state index in [1.54, 1.807) is 30.5 Å². The zero-order valence-electron chi connectivity index (χ0n) is 13.7. The fourth-order valence-electron chi connectivity index (χ4n) is 2.30. The first-order chi connectivity index (χ1) is 11.1. The summed E-state index contributed by atoms with van der Waals surface area (Å²) in [5, 5.41) is 0. The average molecular weight is 314 g/mol. The SMILES string of the molecule is COc1ccncc1CN(C=O)Cc1ccccc1OC(C)C. The van der Waals surface area contributed by atoms with Gasteiger partial charge in [-0.3, -0.25) is 9.78 Å². The number of methoxy groups -OCH3 is 1. The lowest BCUT2D eigenvalue weighted by Crippen LogP contribution is -2.22. The standard InChI is InChI=1S/C18H22N2O3/c1-14(2)23-18-7-5-4-6-15(18)11-20(13-21)12-16-10-19-9-8-17(16)22-3/h4-10,13-14H,11-12H2,1-3H3. The van der Waals surface area contributed by atoms with Crippen molar-refractivity contribution in [3.8, 4) is 11.5 Å². The summed E-state index contributed by atoms with van der Waals surface area (Å²) in [6, 6.07) is 9.54. The molecule has 1 amide bonds. The Morgan fingerprint density at radius 1 is 1.13 bits per heavy atom. The number of para-hydroxylation sites is 1. The van der Waals surface area contributed by atoms with E-state index in [0.29, 0.717) is 13.1 Å². The topological polar surface area (TPSA) is 51.7 Å². The van der Waals surface area contributed by atoms with Crippen LogP contribution in [0.4, 0.5) is 0 Å². The van der Waals surface area contributed by atoms with Gasteiger partial charge in [-0.15, -0.1) is 0 Å². The second-order valence-corrected chi connectivity index (χ2v) is 5.47. The molecule has 1 heterocycles. The molecule has 0 N–H and O–H groups in total. The number of hydrogen-bond donors (Lipinski definition) is 0. The quantitative estimate of drug-likeness (QED) is 0.703. The van der Waals surface area contributed by atoms with Gasteiger partial charge < -0.3 is 14.4 Å². The van der Waals surface area contributed by atoms with Crippen molar-refractivity contribution < 1.29 is 14.3 Å². The minimum absolute atomic E-state index is 0.0826. The van der Waals surface area contributed by atoms with Crippen molar-refractivity contribution in [1.29, 1.82) is 0 Å². The first kappa shape index (κ1) is 16.8. The lowest BCUT2D eigenvalue weighted by Gasteiger charge is -2.21. The number of pyridine rings is 1. The third-order valence-corrected chi connectivity index (χ3v) is 3.31. The van der Waals surface area contributed by atoms with E-state index in [4.69, 9.17) is 9.47 Å². The zero-order valence-corrected chi connectivity index (χ0v) is 13.7. The molecule has 122 valence electrons. The highest BCUT2D eigenvalue weighted by molar-refractivity contribution is 5.49. The molecule has 0 aliphatic rings. The molecule has 0 aliphatic heterocycles. The number of amides is 1. The molecule has 0 saturated heterocycles. The Morgan fingerprint density at radius 2 is 1.87 bits per heavy atom. The Bertz CT molecular complexity index is 644. The Hall–Kier alpha value is -2.56. The highest BCUT2D eigenvalue weighted by atomic mass is 16.5. The summed E-state index contributed by atoms with van der Waals surface area (Å²) in [7, 11) is 1.61. The maximum absolute atomic E-state index is 11.5. The summed E-state index contributed by atoms with van der Waals surface area (Å²) < 4.78 is 11.1. The molecule has 0 fully saturated rings. The molecular weight excluding hydrogens is 292 g/mol. The Labute approximate surface area is 136 Å². The van der Waals surface area contributed by atoms with Crippen LogP contribution in [0, 0.1) is 0 Å². The van der Waals surface area contributed by atoms with Crippen LogP contribution in [0.3, 0.4) is 0 Å². The largest absolute Gasteiger partial charge is 0.496 e. The lowest BCUT2D eigenvalue weighted by molar-refractivity contribution is -0.119. The van der Waals surface area contributed by atoms with Gasteiger partial charge in [0.2, 0.25) is 6.41 Å². The molecule has 1 aromatic carbocycles. The van der Waals surface area contributed by atoms with Crippen LogP contribution in [0.2, 0.25) is 0 Å². The fraction of sp³-hybridized carbons (Fsp3) is 0.333. The summed E-state index contributed by atoms with van der Waals surface area (Å²) in [5.41, 5.74) is 1.83. The zero-order chi connectivity index (χ0) is 16.7. The van der Waals surface area contributed by atoms with Crippen molar-refractivity contribution in [2.75, 3.05) is 7.11 Å². The summed E-state index contributed by atoms with van der Waals surface area (Å²) in [4.78, 5) is 17.2. The summed E-state index contributed by atoms with van der Waals surface area (Å²) >= 11 is 0. The van der Waals surface area contributed by atoms with Gasteiger partial charge in [0.15, 0.2) is 0 Å². The van der Waals surface area contributed by atoms with Gasteiger partial charge in [-0.2, -0.15) is 0 Å². The number of ether oxygens (including phenoxy) is 2. The number of nitrogens with zero attached hydrogens (tertiary/aromatic N) is 2. The molecule has 5 heteroatoms. The Morgan fingerprint density at radius 3 is 2.57 bits per heavy atom. The van der Waals surface area contributed by atoms with Crippen molar-refractivity contribution in [3.63, 3.8) is 0 Å². The summed E-state index contributed by atoms with van der Waals surface area (Å²) in [6.07, 6.45) is 4.29. The van der Waals surface area contributed by atoms with Crippen molar-refractivity contribution in [2.45, 2.75) is 33.0 Å². The monoisotopic (exact) mass is 314 g/mol. The molecule has 2 aromatic rings.